The van der Waals surface area contributed by atoms with Gasteiger partial charge in [-0.25, -0.2) is 0 Å². The Bertz CT molecular complexity index is 147. The molecule has 1 rings (SSSR count). The summed E-state index contributed by atoms with van der Waals surface area (Å²) >= 11 is 3.56. The Labute approximate surface area is 78.2 Å². The van der Waals surface area contributed by atoms with Crippen LogP contribution >= 0.6 is 15.9 Å². The fourth-order valence-electron chi connectivity index (χ4n) is 1.80. The minimum atomic E-state index is 1.11. The van der Waals surface area contributed by atoms with E-state index in [4.69, 9.17) is 0 Å². The molecular formula is C10H17Br. The van der Waals surface area contributed by atoms with Crippen LogP contribution in [0.5, 0.6) is 0 Å². The van der Waals surface area contributed by atoms with Crippen molar-refractivity contribution >= 4 is 15.9 Å². The Morgan fingerprint density at radius 3 is 2.36 bits per heavy atom. The van der Waals surface area contributed by atoms with Crippen molar-refractivity contribution in [3.8, 4) is 0 Å². The van der Waals surface area contributed by atoms with Crippen molar-refractivity contribution < 1.29 is 0 Å². The number of alkyl halides is 1. The first-order valence-electron chi connectivity index (χ1n) is 4.64. The van der Waals surface area contributed by atoms with Gasteiger partial charge >= 0.3 is 0 Å². The maximum Gasteiger partial charge on any atom is 0.0244 e. The van der Waals surface area contributed by atoms with Crippen LogP contribution in [-0.2, 0) is 0 Å². The van der Waals surface area contributed by atoms with Gasteiger partial charge in [0.05, 0.1) is 0 Å². The molecule has 1 heteroatoms. The summed E-state index contributed by atoms with van der Waals surface area (Å²) in [6.07, 6.45) is 8.20. The average molecular weight is 217 g/mol. The van der Waals surface area contributed by atoms with Gasteiger partial charge in [0.2, 0.25) is 0 Å². The minimum absolute atomic E-state index is 1.11. The van der Waals surface area contributed by atoms with Crippen molar-refractivity contribution in [3.63, 3.8) is 0 Å². The van der Waals surface area contributed by atoms with Gasteiger partial charge in [0.1, 0.15) is 0 Å². The molecule has 1 aliphatic rings. The van der Waals surface area contributed by atoms with E-state index >= 15 is 0 Å². The molecule has 0 aromatic rings. The van der Waals surface area contributed by atoms with Crippen LogP contribution in [-0.4, -0.2) is 5.33 Å². The summed E-state index contributed by atoms with van der Waals surface area (Å²) in [5.41, 5.74) is 3.44. The average Bonchev–Trinajstić information content (AvgIpc) is 2.06. The lowest BCUT2D eigenvalue weighted by Gasteiger charge is -2.18. The van der Waals surface area contributed by atoms with Gasteiger partial charge in [-0.3, -0.25) is 0 Å². The van der Waals surface area contributed by atoms with E-state index < -0.39 is 0 Å². The molecule has 0 nitrogen and oxygen atoms in total. The topological polar surface area (TPSA) is 0 Å². The molecule has 64 valence electrons. The molecule has 1 aliphatic carbocycles. The van der Waals surface area contributed by atoms with Gasteiger partial charge < -0.3 is 0 Å². The Morgan fingerprint density at radius 2 is 1.82 bits per heavy atom. The molecule has 0 unspecified atom stereocenters. The maximum absolute atomic E-state index is 3.56. The predicted molar refractivity (Wildman–Crippen MR) is 54.2 cm³/mol. The summed E-state index contributed by atoms with van der Waals surface area (Å²) in [6.45, 7) is 2.27. The van der Waals surface area contributed by atoms with Crippen LogP contribution in [0.1, 0.15) is 45.4 Å². The Hall–Kier alpha value is 0.220. The maximum atomic E-state index is 3.56. The minimum Gasteiger partial charge on any atom is -0.0880 e. The molecule has 0 saturated heterocycles. The number of halogens is 1. The lowest BCUT2D eigenvalue weighted by atomic mass is 9.90. The lowest BCUT2D eigenvalue weighted by molar-refractivity contribution is 0.645. The SMILES string of the molecule is CCCC1=C(CBr)CCCC1. The Kier molecular flexibility index (Phi) is 4.21. The molecule has 0 aliphatic heterocycles. The van der Waals surface area contributed by atoms with Crippen LogP contribution in [0.4, 0.5) is 0 Å². The first-order valence-corrected chi connectivity index (χ1v) is 5.76. The molecule has 0 N–H and O–H groups in total. The summed E-state index contributed by atoms with van der Waals surface area (Å²) < 4.78 is 0. The zero-order valence-electron chi connectivity index (χ0n) is 7.33. The second kappa shape index (κ2) is 4.97. The monoisotopic (exact) mass is 216 g/mol. The molecule has 0 fully saturated rings. The van der Waals surface area contributed by atoms with Crippen LogP contribution in [0, 0.1) is 0 Å². The molecule has 0 radical (unpaired) electrons. The largest absolute Gasteiger partial charge is 0.0880 e. The van der Waals surface area contributed by atoms with Crippen LogP contribution < -0.4 is 0 Å². The molecule has 0 spiro atoms. The van der Waals surface area contributed by atoms with E-state index in [-0.39, 0.29) is 0 Å². The molecule has 0 bridgehead atoms. The fraction of sp³-hybridized carbons (Fsp3) is 0.800. The number of hydrogen-bond acceptors (Lipinski definition) is 0. The van der Waals surface area contributed by atoms with Gasteiger partial charge in [-0.15, -0.1) is 0 Å². The summed E-state index contributed by atoms with van der Waals surface area (Å²) in [5.74, 6) is 0. The summed E-state index contributed by atoms with van der Waals surface area (Å²) in [7, 11) is 0. The molecule has 0 atom stereocenters. The smallest absolute Gasteiger partial charge is 0.0244 e. The van der Waals surface area contributed by atoms with Gasteiger partial charge in [-0.05, 0) is 32.1 Å². The van der Waals surface area contributed by atoms with E-state index in [1.54, 1.807) is 11.1 Å². The number of rotatable bonds is 3. The van der Waals surface area contributed by atoms with E-state index in [2.05, 4.69) is 22.9 Å². The van der Waals surface area contributed by atoms with Crippen LogP contribution in [0.15, 0.2) is 11.1 Å². The third-order valence-corrected chi connectivity index (χ3v) is 3.10. The third-order valence-electron chi connectivity index (χ3n) is 2.42. The van der Waals surface area contributed by atoms with Gasteiger partial charge in [0, 0.05) is 5.33 Å². The quantitative estimate of drug-likeness (QED) is 0.494. The van der Waals surface area contributed by atoms with Crippen LogP contribution in [0.2, 0.25) is 0 Å². The first-order chi connectivity index (χ1) is 5.38. The van der Waals surface area contributed by atoms with E-state index in [9.17, 15) is 0 Å². The summed E-state index contributed by atoms with van der Waals surface area (Å²) in [4.78, 5) is 0. The standard InChI is InChI=1S/C10H17Br/c1-2-5-9-6-3-4-7-10(9)8-11/h2-8H2,1H3. The second-order valence-electron chi connectivity index (χ2n) is 3.30. The highest BCUT2D eigenvalue weighted by molar-refractivity contribution is 9.09. The van der Waals surface area contributed by atoms with Crippen molar-refractivity contribution in [2.45, 2.75) is 45.4 Å². The van der Waals surface area contributed by atoms with E-state index in [1.807, 2.05) is 0 Å². The van der Waals surface area contributed by atoms with Crippen LogP contribution in [0.3, 0.4) is 0 Å². The zero-order valence-corrected chi connectivity index (χ0v) is 8.91. The molecule has 0 aromatic heterocycles. The number of hydrogen-bond donors (Lipinski definition) is 0. The first kappa shape index (κ1) is 9.31. The van der Waals surface area contributed by atoms with Gasteiger partial charge in [-0.1, -0.05) is 40.4 Å². The van der Waals surface area contributed by atoms with E-state index in [0.29, 0.717) is 0 Å². The third kappa shape index (κ3) is 2.62. The zero-order chi connectivity index (χ0) is 8.10. The van der Waals surface area contributed by atoms with E-state index in [1.165, 1.54) is 38.5 Å². The molecule has 0 heterocycles. The normalized spacial score (nSPS) is 19.1. The lowest BCUT2D eigenvalue weighted by Crippen LogP contribution is -2.00. The molecule has 0 amide bonds. The highest BCUT2D eigenvalue weighted by Crippen LogP contribution is 2.28. The number of allylic oxidation sites excluding steroid dienone is 2. The molecule has 0 saturated carbocycles. The van der Waals surface area contributed by atoms with Crippen molar-refractivity contribution in [2.24, 2.45) is 0 Å². The summed E-state index contributed by atoms with van der Waals surface area (Å²) in [6, 6.07) is 0. The van der Waals surface area contributed by atoms with Gasteiger partial charge in [0.25, 0.3) is 0 Å². The molecule has 11 heavy (non-hydrogen) atoms. The fourth-order valence-corrected chi connectivity index (χ4v) is 2.47. The molecule has 0 aromatic carbocycles. The van der Waals surface area contributed by atoms with Gasteiger partial charge in [-0.2, -0.15) is 0 Å². The predicted octanol–water partition coefficient (Wildman–Crippen LogP) is 4.05. The Balaban J connectivity index is 2.57. The van der Waals surface area contributed by atoms with Gasteiger partial charge in [0.15, 0.2) is 0 Å². The molecular weight excluding hydrogens is 200 g/mol. The Morgan fingerprint density at radius 1 is 1.18 bits per heavy atom. The highest BCUT2D eigenvalue weighted by atomic mass is 79.9. The van der Waals surface area contributed by atoms with Crippen molar-refractivity contribution in [1.29, 1.82) is 0 Å². The van der Waals surface area contributed by atoms with Crippen molar-refractivity contribution in [1.82, 2.24) is 0 Å². The highest BCUT2D eigenvalue weighted by Gasteiger charge is 2.09. The van der Waals surface area contributed by atoms with Crippen molar-refractivity contribution in [2.75, 3.05) is 5.33 Å². The second-order valence-corrected chi connectivity index (χ2v) is 3.86. The van der Waals surface area contributed by atoms with Crippen LogP contribution in [0.25, 0.3) is 0 Å². The summed E-state index contributed by atoms with van der Waals surface area (Å²) in [5, 5.41) is 1.11. The van der Waals surface area contributed by atoms with Crippen molar-refractivity contribution in [3.05, 3.63) is 11.1 Å². The van der Waals surface area contributed by atoms with E-state index in [0.717, 1.165) is 5.33 Å².